The molecule has 1 saturated carbocycles. The summed E-state index contributed by atoms with van der Waals surface area (Å²) in [6, 6.07) is 11.6. The van der Waals surface area contributed by atoms with Gasteiger partial charge in [0.15, 0.2) is 0 Å². The van der Waals surface area contributed by atoms with Gasteiger partial charge in [-0.25, -0.2) is 10.00 Å². The molecule has 3 aromatic heterocycles. The Kier molecular flexibility index (Phi) is 7.33. The molecule has 3 heterocycles. The first-order chi connectivity index (χ1) is 16.6. The Morgan fingerprint density at radius 2 is 2.03 bits per heavy atom. The third-order valence-corrected chi connectivity index (χ3v) is 6.09. The lowest BCUT2D eigenvalue weighted by Crippen LogP contribution is -2.32. The number of nitrogens with zero attached hydrogens (tertiary/aromatic N) is 5. The lowest BCUT2D eigenvalue weighted by molar-refractivity contribution is 0.0739. The van der Waals surface area contributed by atoms with Crippen LogP contribution in [0.5, 0.6) is 0 Å². The Hall–Kier alpha value is -3.99. The molecular weight excluding hydrogens is 432 g/mol. The van der Waals surface area contributed by atoms with Gasteiger partial charge in [-0.2, -0.15) is 15.6 Å². The van der Waals surface area contributed by atoms with E-state index in [-0.39, 0.29) is 18.5 Å². The molecule has 0 unspecified atom stereocenters. The fourth-order valence-corrected chi connectivity index (χ4v) is 4.30. The smallest absolute Gasteiger partial charge is 0.255 e. The minimum absolute atomic E-state index is 0.0773. The molecule has 1 aliphatic rings. The van der Waals surface area contributed by atoms with Crippen molar-refractivity contribution in [2.45, 2.75) is 31.7 Å². The molecule has 0 spiro atoms. The molecule has 10 nitrogen and oxygen atoms in total. The molecule has 1 amide bonds. The van der Waals surface area contributed by atoms with Crippen LogP contribution in [-0.4, -0.2) is 46.7 Å². The zero-order valence-electron chi connectivity index (χ0n) is 18.9. The Morgan fingerprint density at radius 3 is 2.76 bits per heavy atom. The van der Waals surface area contributed by atoms with E-state index in [0.29, 0.717) is 28.4 Å². The zero-order valence-corrected chi connectivity index (χ0v) is 18.9. The highest BCUT2D eigenvalue weighted by molar-refractivity contribution is 6.00. The van der Waals surface area contributed by atoms with Gasteiger partial charge in [0.25, 0.3) is 5.91 Å². The number of hydrogen-bond donors (Lipinski definition) is 3. The standard InChI is InChI=1S/C24H26N8O2/c1-34-30-14-16-2-4-18(5-3-16)31-21-11-22(28-15-20(21)24(33)27-9-8-25)23-7-6-19-10-17(12-26)13-29-32(19)23/h6-7,10-11,13,15-16,18,30H,2-5,9,14H2,1H3,(H,27,33)(H,28,31). The van der Waals surface area contributed by atoms with Gasteiger partial charge in [0.2, 0.25) is 0 Å². The molecule has 3 N–H and O–H groups in total. The summed E-state index contributed by atoms with van der Waals surface area (Å²) >= 11 is 0. The van der Waals surface area contributed by atoms with Crippen LogP contribution in [-0.2, 0) is 4.84 Å². The van der Waals surface area contributed by atoms with Crippen LogP contribution in [0.2, 0.25) is 0 Å². The molecule has 10 heteroatoms. The van der Waals surface area contributed by atoms with Gasteiger partial charge >= 0.3 is 0 Å². The normalized spacial score (nSPS) is 17.6. The minimum atomic E-state index is -0.349. The Bertz CT molecular complexity index is 1250. The van der Waals surface area contributed by atoms with Crippen molar-refractivity contribution < 1.29 is 9.63 Å². The Balaban J connectivity index is 1.61. The van der Waals surface area contributed by atoms with Crippen molar-refractivity contribution in [3.63, 3.8) is 0 Å². The molecule has 1 fully saturated rings. The third kappa shape index (κ3) is 5.15. The van der Waals surface area contributed by atoms with Crippen molar-refractivity contribution in [1.82, 2.24) is 25.4 Å². The molecule has 174 valence electrons. The van der Waals surface area contributed by atoms with E-state index in [1.165, 1.54) is 12.4 Å². The number of hydroxylamine groups is 1. The molecule has 3 aromatic rings. The van der Waals surface area contributed by atoms with Crippen LogP contribution >= 0.6 is 0 Å². The number of carbonyl (C=O) groups is 1. The summed E-state index contributed by atoms with van der Waals surface area (Å²) in [5, 5.41) is 28.5. The van der Waals surface area contributed by atoms with Crippen LogP contribution in [0.15, 0.2) is 36.7 Å². The first-order valence-electron chi connectivity index (χ1n) is 11.2. The maximum atomic E-state index is 12.7. The van der Waals surface area contributed by atoms with Crippen molar-refractivity contribution in [3.05, 3.63) is 47.8 Å². The number of amides is 1. The second-order valence-electron chi connectivity index (χ2n) is 8.28. The number of hydrogen-bond acceptors (Lipinski definition) is 8. The first kappa shape index (κ1) is 23.2. The van der Waals surface area contributed by atoms with Crippen LogP contribution in [0.1, 0.15) is 41.6 Å². The van der Waals surface area contributed by atoms with Gasteiger partial charge in [0.05, 0.1) is 53.1 Å². The molecule has 0 aromatic carbocycles. The fourth-order valence-electron chi connectivity index (χ4n) is 4.30. The average Bonchev–Trinajstić information content (AvgIpc) is 3.30. The van der Waals surface area contributed by atoms with Crippen molar-refractivity contribution in [2.75, 3.05) is 25.5 Å². The van der Waals surface area contributed by atoms with Crippen LogP contribution in [0.3, 0.4) is 0 Å². The molecule has 0 radical (unpaired) electrons. The van der Waals surface area contributed by atoms with Gasteiger partial charge in [-0.1, -0.05) is 0 Å². The minimum Gasteiger partial charge on any atom is -0.382 e. The number of fused-ring (bicyclic) bond motifs is 1. The summed E-state index contributed by atoms with van der Waals surface area (Å²) in [4.78, 5) is 22.2. The van der Waals surface area contributed by atoms with E-state index in [1.807, 2.05) is 24.3 Å². The van der Waals surface area contributed by atoms with Gasteiger partial charge in [-0.15, -0.1) is 0 Å². The fraction of sp³-hybridized carbons (Fsp3) is 0.375. The summed E-state index contributed by atoms with van der Waals surface area (Å²) < 4.78 is 1.72. The monoisotopic (exact) mass is 458 g/mol. The number of anilines is 1. The molecule has 1 aliphatic carbocycles. The summed E-state index contributed by atoms with van der Waals surface area (Å²) in [6.45, 7) is 0.748. The van der Waals surface area contributed by atoms with Crippen LogP contribution in [0, 0.1) is 28.6 Å². The first-order valence-corrected chi connectivity index (χ1v) is 11.2. The average molecular weight is 459 g/mol. The second kappa shape index (κ2) is 10.8. The summed E-state index contributed by atoms with van der Waals surface area (Å²) in [6.07, 6.45) is 7.09. The SMILES string of the molecule is CONCC1CCC(Nc2cc(-c3ccc4cc(C#N)cnn34)ncc2C(=O)NCC#N)CC1. The van der Waals surface area contributed by atoms with E-state index in [4.69, 9.17) is 15.4 Å². The van der Waals surface area contributed by atoms with E-state index in [1.54, 1.807) is 17.7 Å². The summed E-state index contributed by atoms with van der Waals surface area (Å²) in [5.74, 6) is 0.207. The number of aromatic nitrogens is 3. The zero-order chi connectivity index (χ0) is 23.9. The van der Waals surface area contributed by atoms with Gasteiger partial charge in [0, 0.05) is 18.8 Å². The predicted molar refractivity (Wildman–Crippen MR) is 125 cm³/mol. The topological polar surface area (TPSA) is 140 Å². The van der Waals surface area contributed by atoms with E-state index >= 15 is 0 Å². The number of carbonyl (C=O) groups excluding carboxylic acids is 1. The molecule has 4 rings (SSSR count). The molecule has 34 heavy (non-hydrogen) atoms. The number of nitrogens with one attached hydrogen (secondary N) is 3. The van der Waals surface area contributed by atoms with E-state index in [0.717, 1.165) is 43.4 Å². The van der Waals surface area contributed by atoms with Crippen LogP contribution in [0.4, 0.5) is 5.69 Å². The van der Waals surface area contributed by atoms with E-state index < -0.39 is 0 Å². The van der Waals surface area contributed by atoms with Crippen molar-refractivity contribution in [2.24, 2.45) is 5.92 Å². The quantitative estimate of drug-likeness (QED) is 0.346. The maximum absolute atomic E-state index is 12.7. The van der Waals surface area contributed by atoms with Crippen molar-refractivity contribution >= 4 is 17.1 Å². The lowest BCUT2D eigenvalue weighted by atomic mass is 9.86. The molecule has 0 bridgehead atoms. The maximum Gasteiger partial charge on any atom is 0.255 e. The number of rotatable bonds is 8. The third-order valence-electron chi connectivity index (χ3n) is 6.09. The summed E-state index contributed by atoms with van der Waals surface area (Å²) in [5.41, 5.74) is 6.66. The molecule has 0 saturated heterocycles. The Labute approximate surface area is 197 Å². The van der Waals surface area contributed by atoms with Crippen molar-refractivity contribution in [1.29, 1.82) is 10.5 Å². The highest BCUT2D eigenvalue weighted by Gasteiger charge is 2.23. The second-order valence-corrected chi connectivity index (χ2v) is 8.28. The predicted octanol–water partition coefficient (Wildman–Crippen LogP) is 2.64. The molecule has 0 aliphatic heterocycles. The van der Waals surface area contributed by atoms with Gasteiger partial charge in [-0.05, 0) is 55.9 Å². The lowest BCUT2D eigenvalue weighted by Gasteiger charge is -2.30. The van der Waals surface area contributed by atoms with Crippen molar-refractivity contribution in [3.8, 4) is 23.5 Å². The number of pyridine rings is 1. The van der Waals surface area contributed by atoms with E-state index in [2.05, 4.69) is 32.3 Å². The van der Waals surface area contributed by atoms with Gasteiger partial charge < -0.3 is 15.5 Å². The Morgan fingerprint density at radius 1 is 1.21 bits per heavy atom. The van der Waals surface area contributed by atoms with Crippen LogP contribution in [0.25, 0.3) is 16.9 Å². The van der Waals surface area contributed by atoms with Gasteiger partial charge in [-0.3, -0.25) is 9.78 Å². The van der Waals surface area contributed by atoms with E-state index in [9.17, 15) is 4.79 Å². The highest BCUT2D eigenvalue weighted by atomic mass is 16.6. The molecule has 0 atom stereocenters. The summed E-state index contributed by atoms with van der Waals surface area (Å²) in [7, 11) is 1.62. The largest absolute Gasteiger partial charge is 0.382 e. The molecular formula is C24H26N8O2. The highest BCUT2D eigenvalue weighted by Crippen LogP contribution is 2.30. The number of nitriles is 2. The van der Waals surface area contributed by atoms with Gasteiger partial charge in [0.1, 0.15) is 12.6 Å². The van der Waals surface area contributed by atoms with Crippen LogP contribution < -0.4 is 16.1 Å².